The Morgan fingerprint density at radius 3 is 2.73 bits per heavy atom. The summed E-state index contributed by atoms with van der Waals surface area (Å²) in [6.45, 7) is 4.79. The molecule has 2 rings (SSSR count). The topological polar surface area (TPSA) is 55.1 Å². The first-order valence-electron chi connectivity index (χ1n) is 5.14. The van der Waals surface area contributed by atoms with Gasteiger partial charge >= 0.3 is 0 Å². The van der Waals surface area contributed by atoms with Crippen LogP contribution in [0.15, 0.2) is 6.07 Å². The Labute approximate surface area is 93.7 Å². The molecule has 1 heterocycles. The number of thiophene rings is 1. The fraction of sp³-hybridized carbons (Fsp3) is 0.545. The highest BCUT2D eigenvalue weighted by atomic mass is 32.1. The Kier molecular flexibility index (Phi) is 2.56. The van der Waals surface area contributed by atoms with E-state index in [4.69, 9.17) is 5.73 Å². The molecule has 0 bridgehead atoms. The highest BCUT2D eigenvalue weighted by Crippen LogP contribution is 2.32. The quantitative estimate of drug-likeness (QED) is 0.817. The minimum atomic E-state index is -0.554. The van der Waals surface area contributed by atoms with Crippen molar-refractivity contribution in [1.82, 2.24) is 5.32 Å². The number of nitrogens with two attached hydrogens (primary N) is 1. The van der Waals surface area contributed by atoms with Gasteiger partial charge in [0.2, 0.25) is 5.91 Å². The first-order chi connectivity index (χ1) is 7.01. The molecule has 1 aromatic heterocycles. The molecule has 0 aromatic carbocycles. The van der Waals surface area contributed by atoms with Gasteiger partial charge in [-0.25, -0.2) is 0 Å². The Bertz CT molecular complexity index is 374. The molecule has 15 heavy (non-hydrogen) atoms. The van der Waals surface area contributed by atoms with Crippen LogP contribution in [0.25, 0.3) is 0 Å². The molecule has 1 amide bonds. The minimum absolute atomic E-state index is 0.00814. The van der Waals surface area contributed by atoms with E-state index in [1.807, 2.05) is 0 Å². The maximum atomic E-state index is 11.6. The van der Waals surface area contributed by atoms with Gasteiger partial charge in [0.1, 0.15) is 0 Å². The summed E-state index contributed by atoms with van der Waals surface area (Å²) in [4.78, 5) is 14.1. The van der Waals surface area contributed by atoms with Gasteiger partial charge in [-0.1, -0.05) is 0 Å². The molecule has 1 aromatic rings. The fourth-order valence-electron chi connectivity index (χ4n) is 1.44. The molecular formula is C11H16N2OS. The van der Waals surface area contributed by atoms with Crippen LogP contribution in [0.1, 0.15) is 28.2 Å². The Morgan fingerprint density at radius 1 is 1.60 bits per heavy atom. The highest BCUT2D eigenvalue weighted by molar-refractivity contribution is 7.12. The predicted octanol–water partition coefficient (Wildman–Crippen LogP) is 1.47. The first-order valence-corrected chi connectivity index (χ1v) is 5.96. The van der Waals surface area contributed by atoms with Gasteiger partial charge in [0.25, 0.3) is 0 Å². The van der Waals surface area contributed by atoms with E-state index in [1.165, 1.54) is 15.3 Å². The molecule has 3 N–H and O–H groups in total. The molecule has 1 fully saturated rings. The van der Waals surface area contributed by atoms with Gasteiger partial charge in [-0.2, -0.15) is 0 Å². The zero-order valence-electron chi connectivity index (χ0n) is 9.09. The third-order valence-electron chi connectivity index (χ3n) is 2.88. The molecular weight excluding hydrogens is 208 g/mol. The van der Waals surface area contributed by atoms with Crippen molar-refractivity contribution < 1.29 is 4.79 Å². The lowest BCUT2D eigenvalue weighted by molar-refractivity contribution is -0.123. The first kappa shape index (κ1) is 10.6. The maximum absolute atomic E-state index is 11.6. The molecule has 82 valence electrons. The van der Waals surface area contributed by atoms with Crippen LogP contribution in [0, 0.1) is 13.8 Å². The highest BCUT2D eigenvalue weighted by Gasteiger charge is 2.45. The van der Waals surface area contributed by atoms with E-state index >= 15 is 0 Å². The van der Waals surface area contributed by atoms with Crippen molar-refractivity contribution in [2.24, 2.45) is 5.73 Å². The maximum Gasteiger partial charge on any atom is 0.240 e. The summed E-state index contributed by atoms with van der Waals surface area (Å²) in [6, 6.07) is 2.12. The molecule has 0 spiro atoms. The number of carbonyl (C=O) groups is 1. The molecule has 0 atom stereocenters. The second kappa shape index (κ2) is 3.61. The van der Waals surface area contributed by atoms with Crippen LogP contribution in [-0.2, 0) is 11.3 Å². The van der Waals surface area contributed by atoms with E-state index in [0.29, 0.717) is 6.54 Å². The SMILES string of the molecule is Cc1cc(CNC(=O)C2(N)CC2)sc1C. The zero-order valence-corrected chi connectivity index (χ0v) is 9.91. The number of nitrogens with one attached hydrogen (secondary N) is 1. The Hall–Kier alpha value is -0.870. The average molecular weight is 224 g/mol. The third-order valence-corrected chi connectivity index (χ3v) is 4.03. The van der Waals surface area contributed by atoms with Gasteiger partial charge in [-0.05, 0) is 38.3 Å². The third kappa shape index (κ3) is 2.21. The number of hydrogen-bond acceptors (Lipinski definition) is 3. The zero-order chi connectivity index (χ0) is 11.1. The fourth-order valence-corrected chi connectivity index (χ4v) is 2.44. The number of rotatable bonds is 3. The number of aryl methyl sites for hydroxylation is 2. The van der Waals surface area contributed by atoms with E-state index < -0.39 is 5.54 Å². The normalized spacial score (nSPS) is 17.5. The average Bonchev–Trinajstić information content (AvgIpc) is 2.85. The van der Waals surface area contributed by atoms with Crippen molar-refractivity contribution in [1.29, 1.82) is 0 Å². The van der Waals surface area contributed by atoms with Crippen LogP contribution in [0.3, 0.4) is 0 Å². The van der Waals surface area contributed by atoms with Gasteiger partial charge in [0, 0.05) is 9.75 Å². The van der Waals surface area contributed by atoms with E-state index in [9.17, 15) is 4.79 Å². The molecule has 1 aliphatic rings. The lowest BCUT2D eigenvalue weighted by atomic mass is 10.2. The second-order valence-electron chi connectivity index (χ2n) is 4.29. The smallest absolute Gasteiger partial charge is 0.240 e. The van der Waals surface area contributed by atoms with Gasteiger partial charge in [-0.15, -0.1) is 11.3 Å². The predicted molar refractivity (Wildman–Crippen MR) is 61.8 cm³/mol. The van der Waals surface area contributed by atoms with Crippen LogP contribution in [-0.4, -0.2) is 11.4 Å². The van der Waals surface area contributed by atoms with Crippen LogP contribution in [0.2, 0.25) is 0 Å². The van der Waals surface area contributed by atoms with Crippen molar-refractivity contribution in [3.8, 4) is 0 Å². The van der Waals surface area contributed by atoms with Gasteiger partial charge in [0.05, 0.1) is 12.1 Å². The molecule has 0 saturated heterocycles. The Morgan fingerprint density at radius 2 is 2.27 bits per heavy atom. The molecule has 3 nitrogen and oxygen atoms in total. The summed E-state index contributed by atoms with van der Waals surface area (Å²) in [6.07, 6.45) is 1.64. The Balaban J connectivity index is 1.90. The number of carbonyl (C=O) groups excluding carboxylic acids is 1. The molecule has 1 saturated carbocycles. The minimum Gasteiger partial charge on any atom is -0.350 e. The van der Waals surface area contributed by atoms with Crippen molar-refractivity contribution in [2.45, 2.75) is 38.8 Å². The summed E-state index contributed by atoms with van der Waals surface area (Å²) in [7, 11) is 0. The molecule has 0 unspecified atom stereocenters. The summed E-state index contributed by atoms with van der Waals surface area (Å²) in [5, 5.41) is 2.89. The standard InChI is InChI=1S/C11H16N2OS/c1-7-5-9(15-8(7)2)6-13-10(14)11(12)3-4-11/h5H,3-4,6,12H2,1-2H3,(H,13,14). The lowest BCUT2D eigenvalue weighted by Gasteiger charge is -2.08. The van der Waals surface area contributed by atoms with Crippen molar-refractivity contribution in [3.63, 3.8) is 0 Å². The number of hydrogen-bond donors (Lipinski definition) is 2. The van der Waals surface area contributed by atoms with Crippen molar-refractivity contribution in [3.05, 3.63) is 21.4 Å². The monoisotopic (exact) mass is 224 g/mol. The summed E-state index contributed by atoms with van der Waals surface area (Å²) < 4.78 is 0. The molecule has 0 aliphatic heterocycles. The number of amides is 1. The summed E-state index contributed by atoms with van der Waals surface area (Å²) >= 11 is 1.73. The van der Waals surface area contributed by atoms with Crippen LogP contribution < -0.4 is 11.1 Å². The second-order valence-corrected chi connectivity index (χ2v) is 5.63. The van der Waals surface area contributed by atoms with E-state index in [0.717, 1.165) is 12.8 Å². The van der Waals surface area contributed by atoms with Gasteiger partial charge in [-0.3, -0.25) is 4.79 Å². The van der Waals surface area contributed by atoms with Gasteiger partial charge in [0.15, 0.2) is 0 Å². The van der Waals surface area contributed by atoms with Crippen molar-refractivity contribution in [2.75, 3.05) is 0 Å². The molecule has 1 aliphatic carbocycles. The summed E-state index contributed by atoms with van der Waals surface area (Å²) in [5.41, 5.74) is 6.52. The van der Waals surface area contributed by atoms with Crippen molar-refractivity contribution >= 4 is 17.2 Å². The van der Waals surface area contributed by atoms with Gasteiger partial charge < -0.3 is 11.1 Å². The largest absolute Gasteiger partial charge is 0.350 e. The van der Waals surface area contributed by atoms with Crippen LogP contribution in [0.4, 0.5) is 0 Å². The van der Waals surface area contributed by atoms with E-state index in [2.05, 4.69) is 25.2 Å². The lowest BCUT2D eigenvalue weighted by Crippen LogP contribution is -2.42. The molecule has 4 heteroatoms. The van der Waals surface area contributed by atoms with Crippen LogP contribution >= 0.6 is 11.3 Å². The molecule has 0 radical (unpaired) electrons. The van der Waals surface area contributed by atoms with E-state index in [-0.39, 0.29) is 5.91 Å². The van der Waals surface area contributed by atoms with Crippen LogP contribution in [0.5, 0.6) is 0 Å². The van der Waals surface area contributed by atoms with E-state index in [1.54, 1.807) is 11.3 Å². The summed E-state index contributed by atoms with van der Waals surface area (Å²) in [5.74, 6) is -0.00814.